The van der Waals surface area contributed by atoms with Crippen molar-refractivity contribution in [1.29, 1.82) is 0 Å². The summed E-state index contributed by atoms with van der Waals surface area (Å²) in [6.07, 6.45) is 2.08. The third kappa shape index (κ3) is 4.47. The molecule has 1 unspecified atom stereocenters. The molecule has 0 bridgehead atoms. The Morgan fingerprint density at radius 2 is 2.03 bits per heavy atom. The molecule has 8 heteroatoms. The maximum absolute atomic E-state index is 13.2. The molecule has 0 spiro atoms. The molecule has 4 rings (SSSR count). The van der Waals surface area contributed by atoms with Crippen LogP contribution in [-0.4, -0.2) is 40.5 Å². The van der Waals surface area contributed by atoms with Gasteiger partial charge in [-0.15, -0.1) is 0 Å². The molecule has 1 atom stereocenters. The second-order valence-electron chi connectivity index (χ2n) is 6.73. The number of para-hydroxylation sites is 2. The normalized spacial score (nSPS) is 16.2. The van der Waals surface area contributed by atoms with Gasteiger partial charge in [-0.3, -0.25) is 14.2 Å². The third-order valence-electron chi connectivity index (χ3n) is 4.72. The molecule has 2 heterocycles. The summed E-state index contributed by atoms with van der Waals surface area (Å²) in [5.41, 5.74) is 0.911. The van der Waals surface area contributed by atoms with Gasteiger partial charge in [-0.05, 0) is 37.1 Å². The highest BCUT2D eigenvalue weighted by Crippen LogP contribution is 2.25. The summed E-state index contributed by atoms with van der Waals surface area (Å²) in [7, 11) is 0. The van der Waals surface area contributed by atoms with Crippen LogP contribution >= 0.6 is 23.4 Å². The van der Waals surface area contributed by atoms with Crippen LogP contribution in [0.25, 0.3) is 16.6 Å². The van der Waals surface area contributed by atoms with Gasteiger partial charge in [0, 0.05) is 13.2 Å². The number of hydrogen-bond acceptors (Lipinski definition) is 5. The third-order valence-corrected chi connectivity index (χ3v) is 5.98. The van der Waals surface area contributed by atoms with Gasteiger partial charge in [-0.2, -0.15) is 0 Å². The van der Waals surface area contributed by atoms with Crippen molar-refractivity contribution in [2.24, 2.45) is 0 Å². The van der Waals surface area contributed by atoms with Crippen LogP contribution in [0.3, 0.4) is 0 Å². The highest BCUT2D eigenvalue weighted by molar-refractivity contribution is 7.99. The van der Waals surface area contributed by atoms with E-state index in [1.54, 1.807) is 36.4 Å². The molecule has 0 saturated carbocycles. The van der Waals surface area contributed by atoms with Crippen LogP contribution in [0.2, 0.25) is 5.02 Å². The standard InChI is InChI=1S/C21H20ClN3O3S/c22-16-8-2-4-10-18(16)25-20(27)15-7-1-3-9-17(15)24-21(25)29-13-19(26)23-12-14-6-5-11-28-14/h1-4,7-10,14H,5-6,11-13H2,(H,23,26). The molecular formula is C21H20ClN3O3S. The maximum Gasteiger partial charge on any atom is 0.266 e. The number of nitrogens with one attached hydrogen (secondary N) is 1. The summed E-state index contributed by atoms with van der Waals surface area (Å²) in [6, 6.07) is 14.3. The minimum absolute atomic E-state index is 0.0871. The van der Waals surface area contributed by atoms with Gasteiger partial charge in [-0.25, -0.2) is 4.98 Å². The van der Waals surface area contributed by atoms with Crippen molar-refractivity contribution in [2.75, 3.05) is 18.9 Å². The summed E-state index contributed by atoms with van der Waals surface area (Å²) < 4.78 is 7.00. The monoisotopic (exact) mass is 429 g/mol. The molecule has 2 aromatic carbocycles. The number of ether oxygens (including phenoxy) is 1. The van der Waals surface area contributed by atoms with E-state index < -0.39 is 0 Å². The van der Waals surface area contributed by atoms with Gasteiger partial charge in [-0.1, -0.05) is 47.6 Å². The summed E-state index contributed by atoms with van der Waals surface area (Å²) in [5, 5.41) is 4.26. The van der Waals surface area contributed by atoms with Gasteiger partial charge >= 0.3 is 0 Å². The number of halogens is 1. The first kappa shape index (κ1) is 19.9. The fourth-order valence-electron chi connectivity index (χ4n) is 3.27. The van der Waals surface area contributed by atoms with E-state index in [4.69, 9.17) is 16.3 Å². The number of carbonyl (C=O) groups is 1. The predicted molar refractivity (Wildman–Crippen MR) is 115 cm³/mol. The van der Waals surface area contributed by atoms with E-state index in [2.05, 4.69) is 10.3 Å². The van der Waals surface area contributed by atoms with Crippen molar-refractivity contribution in [1.82, 2.24) is 14.9 Å². The van der Waals surface area contributed by atoms with Crippen molar-refractivity contribution in [3.05, 3.63) is 63.9 Å². The zero-order valence-electron chi connectivity index (χ0n) is 15.6. The Bertz CT molecular complexity index is 1100. The van der Waals surface area contributed by atoms with Crippen LogP contribution < -0.4 is 10.9 Å². The number of carbonyl (C=O) groups excluding carboxylic acids is 1. The Labute approximate surface area is 177 Å². The molecular weight excluding hydrogens is 410 g/mol. The van der Waals surface area contributed by atoms with Gasteiger partial charge in [0.2, 0.25) is 5.91 Å². The Morgan fingerprint density at radius 1 is 1.24 bits per heavy atom. The smallest absolute Gasteiger partial charge is 0.266 e. The number of thioether (sulfide) groups is 1. The Kier molecular flexibility index (Phi) is 6.18. The molecule has 1 aliphatic heterocycles. The van der Waals surface area contributed by atoms with E-state index in [0.717, 1.165) is 19.4 Å². The van der Waals surface area contributed by atoms with Crippen molar-refractivity contribution in [3.63, 3.8) is 0 Å². The van der Waals surface area contributed by atoms with E-state index >= 15 is 0 Å². The van der Waals surface area contributed by atoms with Crippen LogP contribution in [0.15, 0.2) is 58.5 Å². The lowest BCUT2D eigenvalue weighted by Gasteiger charge is -2.15. The molecule has 1 aromatic heterocycles. The quantitative estimate of drug-likeness (QED) is 0.480. The average Bonchev–Trinajstić information content (AvgIpc) is 3.25. The topological polar surface area (TPSA) is 73.2 Å². The highest BCUT2D eigenvalue weighted by Gasteiger charge is 2.18. The fraction of sp³-hybridized carbons (Fsp3) is 0.286. The second kappa shape index (κ2) is 8.98. The van der Waals surface area contributed by atoms with Crippen LogP contribution in [0.4, 0.5) is 0 Å². The minimum Gasteiger partial charge on any atom is -0.376 e. The number of fused-ring (bicyclic) bond motifs is 1. The predicted octanol–water partition coefficient (Wildman–Crippen LogP) is 3.43. The van der Waals surface area contributed by atoms with E-state index in [9.17, 15) is 9.59 Å². The zero-order chi connectivity index (χ0) is 20.2. The molecule has 150 valence electrons. The minimum atomic E-state index is -0.217. The van der Waals surface area contributed by atoms with Crippen molar-refractivity contribution in [2.45, 2.75) is 24.1 Å². The molecule has 1 N–H and O–H groups in total. The van der Waals surface area contributed by atoms with Crippen LogP contribution in [-0.2, 0) is 9.53 Å². The summed E-state index contributed by atoms with van der Waals surface area (Å²) >= 11 is 7.56. The molecule has 1 fully saturated rings. The van der Waals surface area contributed by atoms with E-state index in [1.807, 2.05) is 12.1 Å². The SMILES string of the molecule is O=C(CSc1nc2ccccc2c(=O)n1-c1ccccc1Cl)NCC1CCCO1. The molecule has 3 aromatic rings. The van der Waals surface area contributed by atoms with Crippen LogP contribution in [0.1, 0.15) is 12.8 Å². The van der Waals surface area contributed by atoms with E-state index in [0.29, 0.717) is 33.3 Å². The number of hydrogen-bond donors (Lipinski definition) is 1. The maximum atomic E-state index is 13.2. The molecule has 29 heavy (non-hydrogen) atoms. The number of aromatic nitrogens is 2. The van der Waals surface area contributed by atoms with E-state index in [1.165, 1.54) is 16.3 Å². The first-order valence-corrected chi connectivity index (χ1v) is 10.8. The fourth-order valence-corrected chi connectivity index (χ4v) is 4.32. The summed E-state index contributed by atoms with van der Waals surface area (Å²) in [6.45, 7) is 1.25. The van der Waals surface area contributed by atoms with Crippen molar-refractivity contribution < 1.29 is 9.53 Å². The molecule has 0 aliphatic carbocycles. The van der Waals surface area contributed by atoms with Gasteiger partial charge < -0.3 is 10.1 Å². The number of rotatable bonds is 6. The van der Waals surface area contributed by atoms with E-state index in [-0.39, 0.29) is 23.3 Å². The number of amides is 1. The molecule has 6 nitrogen and oxygen atoms in total. The Hall–Kier alpha value is -2.35. The number of nitrogens with zero attached hydrogens (tertiary/aromatic N) is 2. The lowest BCUT2D eigenvalue weighted by Crippen LogP contribution is -2.33. The summed E-state index contributed by atoms with van der Waals surface area (Å²) in [5.74, 6) is 0.0145. The van der Waals surface area contributed by atoms with Gasteiger partial charge in [0.1, 0.15) is 0 Å². The first-order chi connectivity index (χ1) is 14.1. The van der Waals surface area contributed by atoms with Crippen molar-refractivity contribution >= 4 is 40.2 Å². The highest BCUT2D eigenvalue weighted by atomic mass is 35.5. The van der Waals surface area contributed by atoms with Gasteiger partial charge in [0.05, 0.1) is 33.5 Å². The van der Waals surface area contributed by atoms with Crippen LogP contribution in [0.5, 0.6) is 0 Å². The van der Waals surface area contributed by atoms with Gasteiger partial charge in [0.15, 0.2) is 5.16 Å². The van der Waals surface area contributed by atoms with Crippen molar-refractivity contribution in [3.8, 4) is 5.69 Å². The van der Waals surface area contributed by atoms with Crippen LogP contribution in [0, 0.1) is 0 Å². The lowest BCUT2D eigenvalue weighted by molar-refractivity contribution is -0.119. The Balaban J connectivity index is 1.62. The number of benzene rings is 2. The molecule has 1 aliphatic rings. The summed E-state index contributed by atoms with van der Waals surface area (Å²) in [4.78, 5) is 30.1. The Morgan fingerprint density at radius 3 is 2.83 bits per heavy atom. The molecule has 1 amide bonds. The van der Waals surface area contributed by atoms with Gasteiger partial charge in [0.25, 0.3) is 5.56 Å². The first-order valence-electron chi connectivity index (χ1n) is 9.41. The molecule has 0 radical (unpaired) electrons. The average molecular weight is 430 g/mol. The molecule has 1 saturated heterocycles. The zero-order valence-corrected chi connectivity index (χ0v) is 17.2. The second-order valence-corrected chi connectivity index (χ2v) is 8.08. The lowest BCUT2D eigenvalue weighted by atomic mass is 10.2. The largest absolute Gasteiger partial charge is 0.376 e.